The van der Waals surface area contributed by atoms with Crippen LogP contribution in [0.15, 0.2) is 47.9 Å². The highest BCUT2D eigenvalue weighted by molar-refractivity contribution is 7.86. The smallest absolute Gasteiger partial charge is 0.264 e. The highest BCUT2D eigenvalue weighted by atomic mass is 32.2. The summed E-state index contributed by atoms with van der Waals surface area (Å²) in [5.74, 6) is -0.149. The highest BCUT2D eigenvalue weighted by Crippen LogP contribution is 2.08. The van der Waals surface area contributed by atoms with Gasteiger partial charge in [-0.15, -0.1) is 0 Å². The van der Waals surface area contributed by atoms with Crippen molar-refractivity contribution in [1.29, 1.82) is 0 Å². The second kappa shape index (κ2) is 11.3. The highest BCUT2D eigenvalue weighted by Gasteiger charge is 2.06. The summed E-state index contributed by atoms with van der Waals surface area (Å²) >= 11 is 0. The average molecular weight is 433 g/mol. The molecule has 0 amide bonds. The van der Waals surface area contributed by atoms with Crippen molar-refractivity contribution in [2.75, 3.05) is 5.75 Å². The quantitative estimate of drug-likeness (QED) is 0.368. The van der Waals surface area contributed by atoms with Crippen LogP contribution in [-0.4, -0.2) is 36.3 Å². The van der Waals surface area contributed by atoms with Crippen LogP contribution < -0.4 is 4.57 Å². The van der Waals surface area contributed by atoms with Gasteiger partial charge in [0.1, 0.15) is 22.5 Å². The average Bonchev–Trinajstić information content (AvgIpc) is 3.04. The van der Waals surface area contributed by atoms with Crippen molar-refractivity contribution in [3.8, 4) is 0 Å². The molecule has 28 heavy (non-hydrogen) atoms. The van der Waals surface area contributed by atoms with Gasteiger partial charge in [0, 0.05) is 0 Å². The fourth-order valence-electron chi connectivity index (χ4n) is 2.33. The number of imidazole rings is 1. The van der Waals surface area contributed by atoms with Crippen LogP contribution in [0.2, 0.25) is 0 Å². The second-order valence-corrected chi connectivity index (χ2v) is 9.45. The van der Waals surface area contributed by atoms with Gasteiger partial charge in [-0.1, -0.05) is 31.0 Å². The lowest BCUT2D eigenvalue weighted by Crippen LogP contribution is -2.31. The minimum Gasteiger partial charge on any atom is -0.744 e. The van der Waals surface area contributed by atoms with Crippen molar-refractivity contribution >= 4 is 20.2 Å². The number of aromatic nitrogens is 2. The van der Waals surface area contributed by atoms with E-state index in [1.807, 2.05) is 30.2 Å². The molecule has 158 valence electrons. The number of unbranched alkanes of at least 4 members (excludes halogenated alkanes) is 2. The summed E-state index contributed by atoms with van der Waals surface area (Å²) in [4.78, 5) is -0.178. The van der Waals surface area contributed by atoms with Crippen molar-refractivity contribution in [2.45, 2.75) is 57.5 Å². The number of benzene rings is 1. The summed E-state index contributed by atoms with van der Waals surface area (Å²) < 4.78 is 64.9. The number of aryl methyl sites for hydroxylation is 3. The van der Waals surface area contributed by atoms with Crippen molar-refractivity contribution in [3.05, 3.63) is 48.5 Å². The van der Waals surface area contributed by atoms with E-state index in [1.165, 1.54) is 18.6 Å². The van der Waals surface area contributed by atoms with Crippen LogP contribution in [0.25, 0.3) is 0 Å². The van der Waals surface area contributed by atoms with Crippen LogP contribution >= 0.6 is 0 Å². The molecule has 0 saturated heterocycles. The molecule has 0 aliphatic heterocycles. The first kappa shape index (κ1) is 24.3. The first-order valence-corrected chi connectivity index (χ1v) is 12.1. The zero-order chi connectivity index (χ0) is 21.2. The molecule has 1 aromatic heterocycles. The summed E-state index contributed by atoms with van der Waals surface area (Å²) in [5, 5.41) is 0. The van der Waals surface area contributed by atoms with E-state index >= 15 is 0 Å². The lowest BCUT2D eigenvalue weighted by molar-refractivity contribution is -0.696. The van der Waals surface area contributed by atoms with Crippen molar-refractivity contribution in [3.63, 3.8) is 0 Å². The Labute approximate surface area is 167 Å². The predicted molar refractivity (Wildman–Crippen MR) is 104 cm³/mol. The van der Waals surface area contributed by atoms with E-state index in [4.69, 9.17) is 4.55 Å². The maximum atomic E-state index is 10.5. The van der Waals surface area contributed by atoms with E-state index in [2.05, 4.69) is 11.5 Å². The molecule has 0 radical (unpaired) electrons. The molecule has 0 aliphatic rings. The molecule has 0 spiro atoms. The van der Waals surface area contributed by atoms with Gasteiger partial charge in [0.15, 0.2) is 0 Å². The number of hydrogen-bond donors (Lipinski definition) is 1. The Morgan fingerprint density at radius 3 is 2.25 bits per heavy atom. The Hall–Kier alpha value is -1.75. The monoisotopic (exact) mass is 432 g/mol. The summed E-state index contributed by atoms with van der Waals surface area (Å²) in [7, 11) is -8.07. The molecular weight excluding hydrogens is 404 g/mol. The van der Waals surface area contributed by atoms with Crippen molar-refractivity contribution < 1.29 is 30.5 Å². The van der Waals surface area contributed by atoms with Crippen LogP contribution in [0.1, 0.15) is 38.2 Å². The summed E-state index contributed by atoms with van der Waals surface area (Å²) in [6.45, 7) is 5.79. The lowest BCUT2D eigenvalue weighted by atomic mass is 10.2. The van der Waals surface area contributed by atoms with Crippen LogP contribution in [0, 0.1) is 6.92 Å². The van der Waals surface area contributed by atoms with Gasteiger partial charge in [-0.2, -0.15) is 8.42 Å². The maximum absolute atomic E-state index is 10.5. The van der Waals surface area contributed by atoms with E-state index in [0.717, 1.165) is 31.5 Å². The molecule has 0 atom stereocenters. The Morgan fingerprint density at radius 1 is 1.07 bits per heavy atom. The largest absolute Gasteiger partial charge is 0.744 e. The Kier molecular flexibility index (Phi) is 9.80. The Morgan fingerprint density at radius 2 is 1.71 bits per heavy atom. The number of rotatable bonds is 9. The predicted octanol–water partition coefficient (Wildman–Crippen LogP) is 2.14. The van der Waals surface area contributed by atoms with Gasteiger partial charge in [-0.3, -0.25) is 4.55 Å². The molecule has 0 unspecified atom stereocenters. The van der Waals surface area contributed by atoms with E-state index in [1.54, 1.807) is 12.1 Å². The first-order chi connectivity index (χ1) is 13.0. The van der Waals surface area contributed by atoms with Gasteiger partial charge in [0.25, 0.3) is 10.1 Å². The number of nitrogens with zero attached hydrogens (tertiary/aromatic N) is 2. The first-order valence-electron chi connectivity index (χ1n) is 9.04. The van der Waals surface area contributed by atoms with Gasteiger partial charge in [-0.25, -0.2) is 17.6 Å². The molecular formula is C18H28N2O6S2. The molecule has 2 rings (SSSR count). The van der Waals surface area contributed by atoms with E-state index in [9.17, 15) is 21.4 Å². The van der Waals surface area contributed by atoms with Crippen molar-refractivity contribution in [1.82, 2.24) is 4.57 Å². The fraction of sp³-hybridized carbons (Fsp3) is 0.500. The van der Waals surface area contributed by atoms with Crippen LogP contribution in [0.5, 0.6) is 0 Å². The van der Waals surface area contributed by atoms with Crippen LogP contribution in [0.4, 0.5) is 0 Å². The van der Waals surface area contributed by atoms with Gasteiger partial charge in [-0.05, 0) is 38.3 Å². The van der Waals surface area contributed by atoms with Gasteiger partial charge in [0.05, 0.1) is 23.7 Å². The zero-order valence-corrected chi connectivity index (χ0v) is 17.8. The van der Waals surface area contributed by atoms with Crippen LogP contribution in [-0.2, 0) is 33.3 Å². The molecule has 0 saturated carbocycles. The molecule has 0 aliphatic carbocycles. The zero-order valence-electron chi connectivity index (χ0n) is 16.2. The SMILES string of the molecule is CCCCn1cc[n+](CCCCS(=O)(=O)O)c1.Cc1ccc(S(=O)(=O)[O-])cc1. The maximum Gasteiger partial charge on any atom is 0.264 e. The Bertz CT molecular complexity index is 919. The number of hydrogen-bond acceptors (Lipinski definition) is 5. The second-order valence-electron chi connectivity index (χ2n) is 6.50. The van der Waals surface area contributed by atoms with Crippen molar-refractivity contribution in [2.24, 2.45) is 0 Å². The lowest BCUT2D eigenvalue weighted by Gasteiger charge is -2.05. The molecule has 1 aromatic carbocycles. The third-order valence-electron chi connectivity index (χ3n) is 3.89. The minimum atomic E-state index is -4.27. The van der Waals surface area contributed by atoms with E-state index in [-0.39, 0.29) is 10.6 Å². The van der Waals surface area contributed by atoms with Crippen LogP contribution in [0.3, 0.4) is 0 Å². The molecule has 10 heteroatoms. The molecule has 1 heterocycles. The third-order valence-corrected chi connectivity index (χ3v) is 5.55. The van der Waals surface area contributed by atoms with E-state index < -0.39 is 20.2 Å². The van der Waals surface area contributed by atoms with Gasteiger partial charge in [0.2, 0.25) is 6.33 Å². The van der Waals surface area contributed by atoms with E-state index in [0.29, 0.717) is 6.42 Å². The third kappa shape index (κ3) is 10.5. The summed E-state index contributed by atoms with van der Waals surface area (Å²) in [6, 6.07) is 5.78. The molecule has 1 N–H and O–H groups in total. The summed E-state index contributed by atoms with van der Waals surface area (Å²) in [6.07, 6.45) is 9.63. The molecule has 0 fully saturated rings. The Balaban J connectivity index is 0.000000307. The topological polar surface area (TPSA) is 120 Å². The molecule has 8 nitrogen and oxygen atoms in total. The van der Waals surface area contributed by atoms with Gasteiger partial charge >= 0.3 is 0 Å². The molecule has 2 aromatic rings. The molecule has 0 bridgehead atoms. The van der Waals surface area contributed by atoms with Gasteiger partial charge < -0.3 is 4.55 Å². The summed E-state index contributed by atoms with van der Waals surface area (Å²) in [5.41, 5.74) is 0.928. The minimum absolute atomic E-state index is 0.149. The standard InChI is InChI=1S/C11H20N2O3S.C7H8O3S/c1-2-3-6-12-8-9-13(11-12)7-4-5-10-17(14,15)16;1-6-2-4-7(5-3-6)11(8,9)10/h8-9,11H,2-7,10H2,1H3;2-5H,1H3,(H,8,9,10). The fourth-order valence-corrected chi connectivity index (χ4v) is 3.37. The normalized spacial score (nSPS) is 11.7.